The summed E-state index contributed by atoms with van der Waals surface area (Å²) >= 11 is 3.44. The van der Waals surface area contributed by atoms with Crippen molar-refractivity contribution in [3.8, 4) is 0 Å². The Hall–Kier alpha value is -2.32. The van der Waals surface area contributed by atoms with E-state index in [1.165, 1.54) is 8.87 Å². The van der Waals surface area contributed by atoms with E-state index < -0.39 is 16.1 Å². The molecule has 0 unspecified atom stereocenters. The summed E-state index contributed by atoms with van der Waals surface area (Å²) in [5, 5.41) is 10.2. The molecule has 1 aromatic heterocycles. The Morgan fingerprint density at radius 2 is 1.75 bits per heavy atom. The molecule has 0 saturated carbocycles. The van der Waals surface area contributed by atoms with Crippen molar-refractivity contribution < 1.29 is 18.3 Å². The van der Waals surface area contributed by atoms with Crippen LogP contribution in [0.15, 0.2) is 51.8 Å². The maximum absolute atomic E-state index is 13.5. The summed E-state index contributed by atoms with van der Waals surface area (Å²) in [7, 11) is -3.82. The predicted octanol–water partition coefficient (Wildman–Crippen LogP) is 4.03. The topological polar surface area (TPSA) is 79.6 Å². The number of nitrogens with zero attached hydrogens (tertiary/aromatic N) is 2. The van der Waals surface area contributed by atoms with Crippen LogP contribution in [0.5, 0.6) is 0 Å². The summed E-state index contributed by atoms with van der Waals surface area (Å²) in [5.74, 6) is 0. The highest BCUT2D eigenvalue weighted by molar-refractivity contribution is 9.10. The molecule has 1 aliphatic heterocycles. The van der Waals surface area contributed by atoms with Crippen molar-refractivity contribution in [2.45, 2.75) is 24.7 Å². The van der Waals surface area contributed by atoms with E-state index in [1.54, 1.807) is 24.3 Å². The van der Waals surface area contributed by atoms with Gasteiger partial charge in [0, 0.05) is 35.1 Å². The second-order valence-electron chi connectivity index (χ2n) is 6.94. The summed E-state index contributed by atoms with van der Waals surface area (Å²) in [4.78, 5) is 13.0. The summed E-state index contributed by atoms with van der Waals surface area (Å²) in [6.45, 7) is 2.52. The molecule has 4 rings (SSSR count). The molecule has 3 aromatic rings. The van der Waals surface area contributed by atoms with Crippen LogP contribution in [0.3, 0.4) is 0 Å². The summed E-state index contributed by atoms with van der Waals surface area (Å²) in [6.07, 6.45) is -0.153. The van der Waals surface area contributed by atoms with Crippen molar-refractivity contribution in [3.63, 3.8) is 0 Å². The number of rotatable bonds is 2. The number of amides is 1. The Kier molecular flexibility index (Phi) is 4.71. The fraction of sp³-hybridized carbons (Fsp3) is 0.250. The van der Waals surface area contributed by atoms with Crippen LogP contribution in [-0.4, -0.2) is 41.6 Å². The lowest BCUT2D eigenvalue weighted by molar-refractivity contribution is 0.147. The molecule has 6 nitrogen and oxygen atoms in total. The first-order valence-electron chi connectivity index (χ1n) is 8.91. The van der Waals surface area contributed by atoms with Crippen molar-refractivity contribution in [1.29, 1.82) is 0 Å². The number of aromatic nitrogens is 1. The lowest BCUT2D eigenvalue weighted by Crippen LogP contribution is -2.32. The van der Waals surface area contributed by atoms with Crippen LogP contribution in [0, 0.1) is 6.92 Å². The van der Waals surface area contributed by atoms with E-state index in [4.69, 9.17) is 0 Å². The number of carboxylic acid groups (broad SMARTS) is 1. The highest BCUT2D eigenvalue weighted by atomic mass is 79.9. The van der Waals surface area contributed by atoms with Crippen molar-refractivity contribution >= 4 is 42.9 Å². The van der Waals surface area contributed by atoms with Crippen LogP contribution in [-0.2, 0) is 22.9 Å². The lowest BCUT2D eigenvalue weighted by atomic mass is 10.1. The minimum Gasteiger partial charge on any atom is -0.465 e. The molecule has 0 atom stereocenters. The molecule has 0 aliphatic carbocycles. The predicted molar refractivity (Wildman–Crippen MR) is 110 cm³/mol. The summed E-state index contributed by atoms with van der Waals surface area (Å²) < 4.78 is 29.3. The van der Waals surface area contributed by atoms with Crippen LogP contribution in [0.25, 0.3) is 10.9 Å². The first-order valence-corrected chi connectivity index (χ1v) is 11.1. The van der Waals surface area contributed by atoms with Gasteiger partial charge in [-0.25, -0.2) is 17.2 Å². The number of fused-ring (bicyclic) bond motifs is 3. The normalized spacial score (nSPS) is 14.7. The monoisotopic (exact) mass is 462 g/mol. The Bertz CT molecular complexity index is 1180. The van der Waals surface area contributed by atoms with Gasteiger partial charge < -0.3 is 10.0 Å². The molecule has 1 amide bonds. The van der Waals surface area contributed by atoms with Crippen molar-refractivity contribution in [1.82, 2.24) is 8.87 Å². The Balaban J connectivity index is 1.97. The van der Waals surface area contributed by atoms with E-state index in [0.717, 1.165) is 21.0 Å². The zero-order valence-corrected chi connectivity index (χ0v) is 17.6. The molecule has 0 bridgehead atoms. The lowest BCUT2D eigenvalue weighted by Gasteiger charge is -2.16. The van der Waals surface area contributed by atoms with Crippen molar-refractivity contribution in [2.75, 3.05) is 13.1 Å². The highest BCUT2D eigenvalue weighted by Gasteiger charge is 2.29. The number of benzene rings is 2. The van der Waals surface area contributed by atoms with Gasteiger partial charge in [0.05, 0.1) is 10.4 Å². The highest BCUT2D eigenvalue weighted by Crippen LogP contribution is 2.34. The smallest absolute Gasteiger partial charge is 0.407 e. The van der Waals surface area contributed by atoms with Gasteiger partial charge in [0.1, 0.15) is 0 Å². The first kappa shape index (κ1) is 19.0. The van der Waals surface area contributed by atoms with E-state index >= 15 is 0 Å². The van der Waals surface area contributed by atoms with Crippen LogP contribution < -0.4 is 0 Å². The van der Waals surface area contributed by atoms with Gasteiger partial charge in [-0.05, 0) is 43.2 Å². The molecule has 1 N–H and O–H groups in total. The van der Waals surface area contributed by atoms with Crippen molar-refractivity contribution in [2.24, 2.45) is 0 Å². The van der Waals surface area contributed by atoms with E-state index in [-0.39, 0.29) is 11.4 Å². The number of carbonyl (C=O) groups is 1. The zero-order valence-electron chi connectivity index (χ0n) is 15.2. The summed E-state index contributed by atoms with van der Waals surface area (Å²) in [6, 6.07) is 12.4. The molecular weight excluding hydrogens is 444 g/mol. The third-order valence-electron chi connectivity index (χ3n) is 5.18. The number of hydrogen-bond acceptors (Lipinski definition) is 3. The molecule has 0 radical (unpaired) electrons. The Labute approximate surface area is 171 Å². The van der Waals surface area contributed by atoms with E-state index in [1.807, 2.05) is 25.1 Å². The standard InChI is InChI=1S/C20H19BrN2O4S/c1-13-2-5-15(6-3-13)28(26,27)23-18-9-11-22(20(24)25)10-8-17(18)16-7-4-14(21)12-19(16)23/h2-7,12H,8-11H2,1H3,(H,24,25). The third kappa shape index (κ3) is 3.10. The van der Waals surface area contributed by atoms with E-state index in [9.17, 15) is 18.3 Å². The minimum atomic E-state index is -3.82. The van der Waals surface area contributed by atoms with Gasteiger partial charge in [0.2, 0.25) is 0 Å². The molecule has 146 valence electrons. The molecule has 0 fully saturated rings. The SMILES string of the molecule is Cc1ccc(S(=O)(=O)n2c3c(c4ccc(Br)cc42)CCN(C(=O)O)CC3)cc1. The van der Waals surface area contributed by atoms with Crippen LogP contribution in [0.1, 0.15) is 16.8 Å². The number of halogens is 1. The Morgan fingerprint density at radius 1 is 1.07 bits per heavy atom. The molecule has 0 saturated heterocycles. The second-order valence-corrected chi connectivity index (χ2v) is 9.64. The van der Waals surface area contributed by atoms with Crippen LogP contribution >= 0.6 is 15.9 Å². The quantitative estimate of drug-likeness (QED) is 0.623. The molecule has 28 heavy (non-hydrogen) atoms. The first-order chi connectivity index (χ1) is 13.3. The van der Waals surface area contributed by atoms with Gasteiger partial charge in [-0.2, -0.15) is 0 Å². The largest absolute Gasteiger partial charge is 0.465 e. The fourth-order valence-corrected chi connectivity index (χ4v) is 5.71. The molecule has 8 heteroatoms. The minimum absolute atomic E-state index is 0.220. The summed E-state index contributed by atoms with van der Waals surface area (Å²) in [5.41, 5.74) is 3.16. The van der Waals surface area contributed by atoms with E-state index in [2.05, 4.69) is 15.9 Å². The number of hydrogen-bond donors (Lipinski definition) is 1. The number of aryl methyl sites for hydroxylation is 1. The van der Waals surface area contributed by atoms with Gasteiger partial charge >= 0.3 is 6.09 Å². The van der Waals surface area contributed by atoms with Crippen LogP contribution in [0.4, 0.5) is 4.79 Å². The maximum atomic E-state index is 13.5. The van der Waals surface area contributed by atoms with Gasteiger partial charge in [0.25, 0.3) is 10.0 Å². The molecule has 0 spiro atoms. The van der Waals surface area contributed by atoms with Gasteiger partial charge in [-0.1, -0.05) is 39.7 Å². The maximum Gasteiger partial charge on any atom is 0.407 e. The van der Waals surface area contributed by atoms with Gasteiger partial charge in [0.15, 0.2) is 0 Å². The average molecular weight is 463 g/mol. The third-order valence-corrected chi connectivity index (χ3v) is 7.44. The Morgan fingerprint density at radius 3 is 2.43 bits per heavy atom. The molecule has 2 aromatic carbocycles. The average Bonchev–Trinajstić information content (AvgIpc) is 2.79. The molecule has 1 aliphatic rings. The van der Waals surface area contributed by atoms with Gasteiger partial charge in [-0.3, -0.25) is 0 Å². The van der Waals surface area contributed by atoms with Crippen molar-refractivity contribution in [3.05, 3.63) is 63.8 Å². The zero-order chi connectivity index (χ0) is 20.1. The molecular formula is C20H19BrN2O4S. The van der Waals surface area contributed by atoms with Gasteiger partial charge in [-0.15, -0.1) is 0 Å². The molecule has 2 heterocycles. The van der Waals surface area contributed by atoms with Crippen LogP contribution in [0.2, 0.25) is 0 Å². The fourth-order valence-electron chi connectivity index (χ4n) is 3.76. The second kappa shape index (κ2) is 6.93. The van der Waals surface area contributed by atoms with E-state index in [0.29, 0.717) is 30.6 Å².